The molecule has 8 nitrogen and oxygen atoms in total. The zero-order valence-corrected chi connectivity index (χ0v) is 21.2. The van der Waals surface area contributed by atoms with Crippen LogP contribution in [0, 0.1) is 6.92 Å². The predicted molar refractivity (Wildman–Crippen MR) is 129 cm³/mol. The van der Waals surface area contributed by atoms with Gasteiger partial charge in [0.05, 0.1) is 6.54 Å². The van der Waals surface area contributed by atoms with Crippen LogP contribution in [0.3, 0.4) is 0 Å². The van der Waals surface area contributed by atoms with E-state index in [9.17, 15) is 17.6 Å². The Hall–Kier alpha value is -2.50. The summed E-state index contributed by atoms with van der Waals surface area (Å²) in [6.45, 7) is 3.29. The molecule has 4 rings (SSSR count). The number of nitrogens with zero attached hydrogens (tertiary/aromatic N) is 3. The van der Waals surface area contributed by atoms with E-state index >= 15 is 0 Å². The molecule has 0 aliphatic carbocycles. The van der Waals surface area contributed by atoms with Gasteiger partial charge in [-0.25, -0.2) is 8.78 Å². The minimum absolute atomic E-state index is 0.105. The average molecular weight is 529 g/mol. The number of hydrogen-bond acceptors (Lipinski definition) is 6. The van der Waals surface area contributed by atoms with Crippen LogP contribution in [0.1, 0.15) is 35.9 Å². The fourth-order valence-electron chi connectivity index (χ4n) is 4.01. The number of carbonyl (C=O) groups is 1. The van der Waals surface area contributed by atoms with Crippen molar-refractivity contribution in [3.8, 4) is 5.75 Å². The molecule has 0 saturated carbocycles. The Morgan fingerprint density at radius 1 is 1.37 bits per heavy atom. The van der Waals surface area contributed by atoms with Crippen molar-refractivity contribution in [2.24, 2.45) is 0 Å². The van der Waals surface area contributed by atoms with Crippen molar-refractivity contribution in [2.45, 2.75) is 38.7 Å². The number of carbonyl (C=O) groups excluding carboxylic acids is 1. The fourth-order valence-corrected chi connectivity index (χ4v) is 5.85. The molecule has 2 aromatic heterocycles. The molecule has 1 fully saturated rings. The molecule has 0 bridgehead atoms. The Kier molecular flexibility index (Phi) is 7.48. The molecule has 35 heavy (non-hydrogen) atoms. The van der Waals surface area contributed by atoms with Crippen LogP contribution in [0.5, 0.6) is 5.75 Å². The van der Waals surface area contributed by atoms with Gasteiger partial charge in [-0.1, -0.05) is 11.6 Å². The van der Waals surface area contributed by atoms with Gasteiger partial charge in [0.1, 0.15) is 6.61 Å². The van der Waals surface area contributed by atoms with Crippen molar-refractivity contribution in [3.63, 3.8) is 0 Å². The number of pyridine rings is 1. The van der Waals surface area contributed by atoms with Gasteiger partial charge in [-0.05, 0) is 0 Å². The summed E-state index contributed by atoms with van der Waals surface area (Å²) in [5.74, 6) is 1.59. The molecule has 1 saturated heterocycles. The normalized spacial score (nSPS) is 18.7. The quantitative estimate of drug-likeness (QED) is 0.436. The van der Waals surface area contributed by atoms with Crippen LogP contribution in [0.25, 0.3) is 5.65 Å². The van der Waals surface area contributed by atoms with E-state index < -0.39 is 29.2 Å². The Morgan fingerprint density at radius 3 is 2.77 bits per heavy atom. The van der Waals surface area contributed by atoms with Crippen LogP contribution in [0.15, 0.2) is 41.1 Å². The third-order valence-corrected chi connectivity index (χ3v) is 7.58. The summed E-state index contributed by atoms with van der Waals surface area (Å²) in [6.07, 6.45) is 1.78. The van der Waals surface area contributed by atoms with E-state index in [1.54, 1.807) is 41.6 Å². The second kappa shape index (κ2) is 10.2. The van der Waals surface area contributed by atoms with Gasteiger partial charge < -0.3 is 9.64 Å². The van der Waals surface area contributed by atoms with Crippen molar-refractivity contribution in [1.29, 1.82) is 0 Å². The molecule has 0 radical (unpaired) electrons. The van der Waals surface area contributed by atoms with Crippen LogP contribution in [-0.2, 0) is 19.4 Å². The summed E-state index contributed by atoms with van der Waals surface area (Å²) in [5, 5.41) is 3.49. The van der Waals surface area contributed by atoms with Gasteiger partial charge in [0, 0.05) is 18.2 Å². The van der Waals surface area contributed by atoms with Crippen LogP contribution in [-0.4, -0.2) is 63.9 Å². The maximum atomic E-state index is 13.0. The molecule has 2 aromatic rings. The van der Waals surface area contributed by atoms with Gasteiger partial charge in [0.15, 0.2) is 5.76 Å². The molecule has 0 atom stereocenters. The number of nitrogens with one attached hydrogen (secondary N) is 1. The number of ether oxygens (including phenoxy) is 2. The number of amides is 1. The van der Waals surface area contributed by atoms with Crippen LogP contribution < -0.4 is 10.1 Å². The number of fused-ring (bicyclic) bond motifs is 1. The molecule has 0 unspecified atom stereocenters. The van der Waals surface area contributed by atoms with Crippen molar-refractivity contribution in [3.05, 3.63) is 52.5 Å². The number of likely N-dealkylation sites (N-methyl/N-ethyl adjacent to an activating group) is 1. The number of aromatic nitrogens is 2. The van der Waals surface area contributed by atoms with Gasteiger partial charge in [-0.15, -0.1) is 0 Å². The van der Waals surface area contributed by atoms with Crippen LogP contribution in [0.2, 0.25) is 0 Å². The first-order chi connectivity index (χ1) is 16.5. The molecule has 2 aliphatic rings. The Labute approximate surface area is 209 Å². The number of allylic oxidation sites excluding steroid dienone is 1. The maximum absolute atomic E-state index is 13.0. The van der Waals surface area contributed by atoms with E-state index in [0.717, 1.165) is 0 Å². The third kappa shape index (κ3) is 5.84. The topological polar surface area (TPSA) is 88.0 Å². The van der Waals surface area contributed by atoms with E-state index in [1.807, 2.05) is 6.92 Å². The van der Waals surface area contributed by atoms with E-state index in [2.05, 4.69) is 10.3 Å². The molecule has 1 amide bonds. The number of halogens is 3. The SMILES string of the molecule is Cc1c(C(=O)NC2(C)CC[S-](#[O+])CC2)nc2ccc(OC3=C(OCC(F)F)C=C(Cl)CN3C)cn12. The second-order valence-corrected chi connectivity index (χ2v) is 11.1. The monoisotopic (exact) mass is 528 g/mol. The first-order valence-electron chi connectivity index (χ1n) is 11.1. The summed E-state index contributed by atoms with van der Waals surface area (Å²) in [7, 11) is 0.880. The summed E-state index contributed by atoms with van der Waals surface area (Å²) < 4.78 is 50.0. The van der Waals surface area contributed by atoms with E-state index in [0.29, 0.717) is 58.7 Å². The Morgan fingerprint density at radius 2 is 2.09 bits per heavy atom. The number of aryl methyl sites for hydroxylation is 1. The van der Waals surface area contributed by atoms with E-state index in [4.69, 9.17) is 21.1 Å². The standard InChI is InChI=1S/C23H27ClF2N4O4S/c1-14-20(21(31)28-23(2)6-8-35(32)9-7-23)27-19-5-4-16(12-30(14)19)34-22-17(33-13-18(25)26)10-15(24)11-29(22)3/h4-5,10,12,18H,6-9,11,13H2,1-3H3,(H,28,31). The zero-order valence-electron chi connectivity index (χ0n) is 19.6. The summed E-state index contributed by atoms with van der Waals surface area (Å²) in [5.41, 5.74) is 1.04. The van der Waals surface area contributed by atoms with Gasteiger partial charge in [0.2, 0.25) is 5.88 Å². The van der Waals surface area contributed by atoms with Crippen molar-refractivity contribution in [2.75, 3.05) is 31.7 Å². The zero-order chi connectivity index (χ0) is 25.3. The first-order valence-corrected chi connectivity index (χ1v) is 13.0. The molecular formula is C23H27ClF2N4O4S. The molecule has 2 aliphatic heterocycles. The number of rotatable bonds is 7. The predicted octanol–water partition coefficient (Wildman–Crippen LogP) is 3.79. The van der Waals surface area contributed by atoms with Gasteiger partial charge in [-0.2, -0.15) is 0 Å². The Balaban J connectivity index is 1.58. The number of alkyl halides is 2. The molecule has 4 heterocycles. The molecule has 1 N–H and O–H groups in total. The number of hydrogen-bond donors (Lipinski definition) is 1. The second-order valence-electron chi connectivity index (χ2n) is 8.92. The first kappa shape index (κ1) is 25.6. The van der Waals surface area contributed by atoms with Crippen LogP contribution >= 0.6 is 11.6 Å². The average Bonchev–Trinajstić information content (AvgIpc) is 3.12. The fraction of sp³-hybridized carbons (Fsp3) is 0.478. The van der Waals surface area contributed by atoms with Crippen molar-refractivity contribution >= 4 is 33.8 Å². The summed E-state index contributed by atoms with van der Waals surface area (Å²) in [4.78, 5) is 19.2. The van der Waals surface area contributed by atoms with Gasteiger partial charge in [-0.3, -0.25) is 0 Å². The van der Waals surface area contributed by atoms with Gasteiger partial charge >= 0.3 is 130 Å². The summed E-state index contributed by atoms with van der Waals surface area (Å²) in [6, 6.07) is 3.38. The summed E-state index contributed by atoms with van der Waals surface area (Å²) >= 11 is 6.10. The third-order valence-electron chi connectivity index (χ3n) is 6.04. The van der Waals surface area contributed by atoms with Crippen LogP contribution in [0.4, 0.5) is 8.78 Å². The molecule has 0 spiro atoms. The number of imidazole rings is 1. The van der Waals surface area contributed by atoms with Crippen molar-refractivity contribution < 1.29 is 27.1 Å². The molecular weight excluding hydrogens is 502 g/mol. The van der Waals surface area contributed by atoms with Crippen molar-refractivity contribution in [1.82, 2.24) is 19.6 Å². The molecule has 12 heteroatoms. The Bertz CT molecular complexity index is 1270. The molecule has 0 aromatic carbocycles. The van der Waals surface area contributed by atoms with E-state index in [-0.39, 0.29) is 17.5 Å². The minimum atomic E-state index is -2.64. The van der Waals surface area contributed by atoms with Gasteiger partial charge in [0.25, 0.3) is 6.43 Å². The molecule has 190 valence electrons. The van der Waals surface area contributed by atoms with E-state index in [1.165, 1.54) is 6.08 Å².